The van der Waals surface area contributed by atoms with Crippen LogP contribution in [0.3, 0.4) is 0 Å². The highest BCUT2D eigenvalue weighted by Crippen LogP contribution is 2.20. The highest BCUT2D eigenvalue weighted by Gasteiger charge is 2.28. The number of hydrogen-bond donors (Lipinski definition) is 3. The molecule has 1 aromatic rings. The van der Waals surface area contributed by atoms with E-state index in [0.717, 1.165) is 31.0 Å². The van der Waals surface area contributed by atoms with Crippen molar-refractivity contribution in [1.29, 1.82) is 0 Å². The van der Waals surface area contributed by atoms with Crippen LogP contribution in [0.2, 0.25) is 0 Å². The van der Waals surface area contributed by atoms with Crippen molar-refractivity contribution >= 4 is 27.7 Å². The smallest absolute Gasteiger partial charge is 0.267 e. The highest BCUT2D eigenvalue weighted by molar-refractivity contribution is 7.99. The Kier molecular flexibility index (Phi) is 4.76. The second-order valence-corrected chi connectivity index (χ2v) is 8.59. The number of nitrogens with zero attached hydrogens (tertiary/aromatic N) is 1. The number of carbonyl (C=O) groups is 1. The van der Waals surface area contributed by atoms with Gasteiger partial charge < -0.3 is 15.6 Å². The SMILES string of the molecule is O=C(NC1CCNC1)c1cc(S(=O)(=O)N2CCSCC2)c[nH]1. The number of carbonyl (C=O) groups excluding carboxylic acids is 1. The van der Waals surface area contributed by atoms with Gasteiger partial charge in [-0.15, -0.1) is 0 Å². The summed E-state index contributed by atoms with van der Waals surface area (Å²) in [6.07, 6.45) is 2.29. The first-order chi connectivity index (χ1) is 10.6. The number of H-pyrrole nitrogens is 1. The fourth-order valence-electron chi connectivity index (χ4n) is 2.63. The Hall–Kier alpha value is -1.03. The van der Waals surface area contributed by atoms with Crippen molar-refractivity contribution in [2.45, 2.75) is 17.4 Å². The van der Waals surface area contributed by atoms with Crippen molar-refractivity contribution in [2.75, 3.05) is 37.7 Å². The number of rotatable bonds is 4. The first kappa shape index (κ1) is 15.9. The van der Waals surface area contributed by atoms with E-state index in [1.165, 1.54) is 16.6 Å². The van der Waals surface area contributed by atoms with Gasteiger partial charge in [-0.05, 0) is 19.0 Å². The monoisotopic (exact) mass is 344 g/mol. The van der Waals surface area contributed by atoms with Crippen molar-refractivity contribution in [1.82, 2.24) is 19.9 Å². The van der Waals surface area contributed by atoms with Crippen LogP contribution in [0.25, 0.3) is 0 Å². The fraction of sp³-hybridized carbons (Fsp3) is 0.615. The molecule has 3 heterocycles. The molecule has 2 aliphatic rings. The summed E-state index contributed by atoms with van der Waals surface area (Å²) in [5.74, 6) is 1.36. The Bertz CT molecular complexity index is 631. The van der Waals surface area contributed by atoms with Gasteiger partial charge in [-0.2, -0.15) is 16.1 Å². The minimum atomic E-state index is -3.51. The third-order valence-corrected chi connectivity index (χ3v) is 6.72. The summed E-state index contributed by atoms with van der Waals surface area (Å²) in [5.41, 5.74) is 0.289. The molecule has 1 unspecified atom stereocenters. The van der Waals surface area contributed by atoms with Gasteiger partial charge in [0.05, 0.1) is 0 Å². The molecule has 9 heteroatoms. The van der Waals surface area contributed by atoms with Gasteiger partial charge in [0.2, 0.25) is 10.0 Å². The molecule has 0 radical (unpaired) electrons. The van der Waals surface area contributed by atoms with E-state index in [-0.39, 0.29) is 22.5 Å². The Morgan fingerprint density at radius 1 is 1.36 bits per heavy atom. The standard InChI is InChI=1S/C13H20N4O3S2/c18-13(16-10-1-2-14-8-10)12-7-11(9-15-12)22(19,20)17-3-5-21-6-4-17/h7,9-10,14-15H,1-6,8H2,(H,16,18). The second-order valence-electron chi connectivity index (χ2n) is 5.43. The molecule has 0 bridgehead atoms. The Morgan fingerprint density at radius 3 is 2.82 bits per heavy atom. The summed E-state index contributed by atoms with van der Waals surface area (Å²) in [6, 6.07) is 1.53. The van der Waals surface area contributed by atoms with E-state index in [2.05, 4.69) is 15.6 Å². The summed E-state index contributed by atoms with van der Waals surface area (Å²) in [7, 11) is -3.51. The van der Waals surface area contributed by atoms with Crippen molar-refractivity contribution in [2.24, 2.45) is 0 Å². The van der Waals surface area contributed by atoms with Gasteiger partial charge in [-0.25, -0.2) is 8.42 Å². The second kappa shape index (κ2) is 6.61. The maximum atomic E-state index is 12.5. The molecular formula is C13H20N4O3S2. The molecule has 3 N–H and O–H groups in total. The zero-order valence-corrected chi connectivity index (χ0v) is 13.8. The molecule has 7 nitrogen and oxygen atoms in total. The third-order valence-electron chi connectivity index (χ3n) is 3.90. The van der Waals surface area contributed by atoms with Gasteiger partial charge in [0.15, 0.2) is 0 Å². The average molecular weight is 344 g/mol. The van der Waals surface area contributed by atoms with Crippen LogP contribution in [0.15, 0.2) is 17.2 Å². The molecule has 0 aromatic carbocycles. The molecule has 2 fully saturated rings. The Morgan fingerprint density at radius 2 is 2.14 bits per heavy atom. The lowest BCUT2D eigenvalue weighted by Gasteiger charge is -2.24. The minimum Gasteiger partial charge on any atom is -0.356 e. The van der Waals surface area contributed by atoms with Gasteiger partial charge in [-0.1, -0.05) is 0 Å². The quantitative estimate of drug-likeness (QED) is 0.706. The van der Waals surface area contributed by atoms with E-state index in [9.17, 15) is 13.2 Å². The van der Waals surface area contributed by atoms with Gasteiger partial charge in [-0.3, -0.25) is 4.79 Å². The van der Waals surface area contributed by atoms with Crippen molar-refractivity contribution in [3.05, 3.63) is 18.0 Å². The van der Waals surface area contributed by atoms with Crippen molar-refractivity contribution < 1.29 is 13.2 Å². The Labute approximate surface area is 134 Å². The lowest BCUT2D eigenvalue weighted by atomic mass is 10.2. The van der Waals surface area contributed by atoms with Crippen LogP contribution >= 0.6 is 11.8 Å². The predicted molar refractivity (Wildman–Crippen MR) is 85.6 cm³/mol. The molecule has 3 rings (SSSR count). The molecule has 2 aliphatic heterocycles. The number of nitrogens with one attached hydrogen (secondary N) is 3. The first-order valence-corrected chi connectivity index (χ1v) is 9.95. The molecular weight excluding hydrogens is 324 g/mol. The highest BCUT2D eigenvalue weighted by atomic mass is 32.2. The summed E-state index contributed by atoms with van der Waals surface area (Å²) in [5, 5.41) is 6.07. The molecule has 122 valence electrons. The van der Waals surface area contributed by atoms with Gasteiger partial charge in [0, 0.05) is 43.4 Å². The third kappa shape index (κ3) is 3.32. The topological polar surface area (TPSA) is 94.3 Å². The maximum absolute atomic E-state index is 12.5. The molecule has 0 aliphatic carbocycles. The molecule has 1 atom stereocenters. The molecule has 2 saturated heterocycles. The van der Waals surface area contributed by atoms with E-state index in [1.807, 2.05) is 0 Å². The van der Waals surface area contributed by atoms with Crippen LogP contribution in [0.1, 0.15) is 16.9 Å². The van der Waals surface area contributed by atoms with E-state index in [0.29, 0.717) is 13.1 Å². The lowest BCUT2D eigenvalue weighted by Crippen LogP contribution is -2.37. The normalized spacial score (nSPS) is 23.5. The van der Waals surface area contributed by atoms with Crippen molar-refractivity contribution in [3.63, 3.8) is 0 Å². The fourth-order valence-corrected chi connectivity index (χ4v) is 5.20. The van der Waals surface area contributed by atoms with Crippen molar-refractivity contribution in [3.8, 4) is 0 Å². The summed E-state index contributed by atoms with van der Waals surface area (Å²) in [6.45, 7) is 2.69. The molecule has 0 spiro atoms. The zero-order chi connectivity index (χ0) is 15.6. The number of hydrogen-bond acceptors (Lipinski definition) is 5. The number of thioether (sulfide) groups is 1. The molecule has 0 saturated carbocycles. The zero-order valence-electron chi connectivity index (χ0n) is 12.2. The molecule has 22 heavy (non-hydrogen) atoms. The lowest BCUT2D eigenvalue weighted by molar-refractivity contribution is 0.0935. The predicted octanol–water partition coefficient (Wildman–Crippen LogP) is -0.156. The number of aromatic amines is 1. The summed E-state index contributed by atoms with van der Waals surface area (Å²) < 4.78 is 26.5. The van der Waals surface area contributed by atoms with E-state index in [4.69, 9.17) is 0 Å². The van der Waals surface area contributed by atoms with E-state index >= 15 is 0 Å². The van der Waals surface area contributed by atoms with Crippen LogP contribution < -0.4 is 10.6 Å². The molecule has 1 amide bonds. The first-order valence-electron chi connectivity index (χ1n) is 7.35. The largest absolute Gasteiger partial charge is 0.356 e. The van der Waals surface area contributed by atoms with Gasteiger partial charge in [0.1, 0.15) is 10.6 Å². The summed E-state index contributed by atoms with van der Waals surface area (Å²) in [4.78, 5) is 15.1. The van der Waals surface area contributed by atoms with Crippen LogP contribution in [0.5, 0.6) is 0 Å². The Balaban J connectivity index is 1.70. The maximum Gasteiger partial charge on any atom is 0.267 e. The number of amides is 1. The number of sulfonamides is 1. The summed E-state index contributed by atoms with van der Waals surface area (Å²) >= 11 is 1.75. The van der Waals surface area contributed by atoms with Gasteiger partial charge in [0.25, 0.3) is 5.91 Å². The van der Waals surface area contributed by atoms with Crippen LogP contribution in [-0.2, 0) is 10.0 Å². The minimum absolute atomic E-state index is 0.106. The van der Waals surface area contributed by atoms with E-state index in [1.54, 1.807) is 11.8 Å². The van der Waals surface area contributed by atoms with Crippen LogP contribution in [0.4, 0.5) is 0 Å². The van der Waals surface area contributed by atoms with Crippen LogP contribution in [-0.4, -0.2) is 67.3 Å². The van der Waals surface area contributed by atoms with Gasteiger partial charge >= 0.3 is 0 Å². The number of aromatic nitrogens is 1. The molecule has 1 aromatic heterocycles. The average Bonchev–Trinajstić information content (AvgIpc) is 3.19. The van der Waals surface area contributed by atoms with E-state index < -0.39 is 10.0 Å². The van der Waals surface area contributed by atoms with Crippen LogP contribution in [0, 0.1) is 0 Å².